The van der Waals surface area contributed by atoms with Crippen molar-refractivity contribution >= 4 is 5.95 Å². The van der Waals surface area contributed by atoms with Crippen molar-refractivity contribution in [2.45, 2.75) is 13.5 Å². The van der Waals surface area contributed by atoms with Crippen molar-refractivity contribution in [2.24, 2.45) is 0 Å². The van der Waals surface area contributed by atoms with Crippen molar-refractivity contribution in [1.29, 1.82) is 0 Å². The molecule has 0 spiro atoms. The van der Waals surface area contributed by atoms with E-state index < -0.39 is 0 Å². The van der Waals surface area contributed by atoms with Crippen molar-refractivity contribution in [3.63, 3.8) is 0 Å². The molecule has 0 aliphatic carbocycles. The largest absolute Gasteiger partial charge is 0.355 e. The lowest BCUT2D eigenvalue weighted by molar-refractivity contribution is 0.427. The van der Waals surface area contributed by atoms with Gasteiger partial charge in [-0.2, -0.15) is 0 Å². The Morgan fingerprint density at radius 3 is 2.58 bits per heavy atom. The van der Waals surface area contributed by atoms with E-state index in [2.05, 4.69) is 25.4 Å². The summed E-state index contributed by atoms with van der Waals surface area (Å²) in [4.78, 5) is 13.2. The standard InChI is InChI=1S/C20H17N5O/c1-14-18(19(26-25-14)15-7-3-2-4-8-15)17-10-12-22-20(24-17)23-13-16-9-5-6-11-21-16/h2-12H,13H2,1H3,(H,22,23,24). The first-order valence-electron chi connectivity index (χ1n) is 8.30. The number of hydrogen-bond acceptors (Lipinski definition) is 6. The lowest BCUT2D eigenvalue weighted by atomic mass is 10.0. The number of aromatic nitrogens is 4. The van der Waals surface area contributed by atoms with Gasteiger partial charge in [0.25, 0.3) is 0 Å². The molecule has 0 atom stereocenters. The highest BCUT2D eigenvalue weighted by Crippen LogP contribution is 2.33. The summed E-state index contributed by atoms with van der Waals surface area (Å²) in [5.41, 5.74) is 4.32. The Kier molecular flexibility index (Phi) is 4.38. The van der Waals surface area contributed by atoms with Gasteiger partial charge >= 0.3 is 0 Å². The SMILES string of the molecule is Cc1noc(-c2ccccc2)c1-c1ccnc(NCc2ccccn2)n1. The molecule has 3 heterocycles. The van der Waals surface area contributed by atoms with Crippen molar-refractivity contribution in [2.75, 3.05) is 5.32 Å². The minimum absolute atomic E-state index is 0.535. The van der Waals surface area contributed by atoms with E-state index in [0.717, 1.165) is 28.2 Å². The molecule has 128 valence electrons. The Hall–Kier alpha value is -3.54. The Morgan fingerprint density at radius 2 is 1.77 bits per heavy atom. The van der Waals surface area contributed by atoms with Crippen LogP contribution >= 0.6 is 0 Å². The Morgan fingerprint density at radius 1 is 0.923 bits per heavy atom. The number of pyridine rings is 1. The van der Waals surface area contributed by atoms with Gasteiger partial charge in [0, 0.05) is 18.0 Å². The topological polar surface area (TPSA) is 76.7 Å². The van der Waals surface area contributed by atoms with Crippen LogP contribution < -0.4 is 5.32 Å². The fourth-order valence-corrected chi connectivity index (χ4v) is 2.71. The van der Waals surface area contributed by atoms with Gasteiger partial charge in [0.15, 0.2) is 5.76 Å². The zero-order valence-corrected chi connectivity index (χ0v) is 14.3. The summed E-state index contributed by atoms with van der Waals surface area (Å²) in [5.74, 6) is 1.24. The maximum absolute atomic E-state index is 5.56. The highest BCUT2D eigenvalue weighted by molar-refractivity contribution is 5.79. The molecule has 0 saturated heterocycles. The average Bonchev–Trinajstić information content (AvgIpc) is 3.09. The molecule has 6 nitrogen and oxygen atoms in total. The third-order valence-corrected chi connectivity index (χ3v) is 3.96. The molecular formula is C20H17N5O. The van der Waals surface area contributed by atoms with E-state index in [-0.39, 0.29) is 0 Å². The lowest BCUT2D eigenvalue weighted by Crippen LogP contribution is -2.05. The fourth-order valence-electron chi connectivity index (χ4n) is 2.71. The van der Waals surface area contributed by atoms with Gasteiger partial charge in [-0.15, -0.1) is 0 Å². The molecule has 1 aromatic carbocycles. The fraction of sp³-hybridized carbons (Fsp3) is 0.100. The summed E-state index contributed by atoms with van der Waals surface area (Å²) in [5, 5.41) is 7.33. The molecule has 0 fully saturated rings. The molecule has 0 bridgehead atoms. The van der Waals surface area contributed by atoms with Crippen LogP contribution in [-0.4, -0.2) is 20.1 Å². The van der Waals surface area contributed by atoms with Crippen LogP contribution in [0.3, 0.4) is 0 Å². The van der Waals surface area contributed by atoms with Crippen LogP contribution in [0, 0.1) is 6.92 Å². The average molecular weight is 343 g/mol. The van der Waals surface area contributed by atoms with Gasteiger partial charge in [-0.25, -0.2) is 9.97 Å². The summed E-state index contributed by atoms with van der Waals surface area (Å²) < 4.78 is 5.56. The first-order chi connectivity index (χ1) is 12.8. The van der Waals surface area contributed by atoms with E-state index in [4.69, 9.17) is 4.52 Å². The highest BCUT2D eigenvalue weighted by Gasteiger charge is 2.18. The first-order valence-corrected chi connectivity index (χ1v) is 8.30. The second-order valence-corrected chi connectivity index (χ2v) is 5.78. The number of hydrogen-bond donors (Lipinski definition) is 1. The Labute approximate surface area is 151 Å². The van der Waals surface area contributed by atoms with Crippen molar-refractivity contribution in [1.82, 2.24) is 20.1 Å². The third kappa shape index (κ3) is 3.30. The quantitative estimate of drug-likeness (QED) is 0.587. The zero-order chi connectivity index (χ0) is 17.8. The third-order valence-electron chi connectivity index (χ3n) is 3.96. The van der Waals surface area contributed by atoms with Gasteiger partial charge in [-0.3, -0.25) is 4.98 Å². The van der Waals surface area contributed by atoms with E-state index in [0.29, 0.717) is 18.3 Å². The first kappa shape index (κ1) is 16.0. The van der Waals surface area contributed by atoms with E-state index >= 15 is 0 Å². The molecule has 3 aromatic heterocycles. The number of nitrogens with one attached hydrogen (secondary N) is 1. The number of aryl methyl sites for hydroxylation is 1. The van der Waals surface area contributed by atoms with Crippen molar-refractivity contribution in [3.8, 4) is 22.6 Å². The zero-order valence-electron chi connectivity index (χ0n) is 14.3. The molecule has 0 saturated carbocycles. The van der Waals surface area contributed by atoms with Crippen LogP contribution in [0.1, 0.15) is 11.4 Å². The second kappa shape index (κ2) is 7.14. The molecule has 0 unspecified atom stereocenters. The maximum Gasteiger partial charge on any atom is 0.223 e. The molecule has 0 aliphatic heterocycles. The molecule has 0 aliphatic rings. The molecule has 0 radical (unpaired) electrons. The minimum Gasteiger partial charge on any atom is -0.355 e. The number of rotatable bonds is 5. The van der Waals surface area contributed by atoms with E-state index in [1.165, 1.54) is 0 Å². The molecule has 0 amide bonds. The predicted molar refractivity (Wildman–Crippen MR) is 99.3 cm³/mol. The van der Waals surface area contributed by atoms with Gasteiger partial charge in [0.2, 0.25) is 5.95 Å². The predicted octanol–water partition coefficient (Wildman–Crippen LogP) is 4.11. The van der Waals surface area contributed by atoms with E-state index in [1.807, 2.05) is 61.5 Å². The van der Waals surface area contributed by atoms with Gasteiger partial charge in [0.05, 0.1) is 29.2 Å². The van der Waals surface area contributed by atoms with Gasteiger partial charge < -0.3 is 9.84 Å². The number of benzene rings is 1. The lowest BCUT2D eigenvalue weighted by Gasteiger charge is -2.07. The van der Waals surface area contributed by atoms with Crippen molar-refractivity contribution in [3.05, 3.63) is 78.4 Å². The van der Waals surface area contributed by atoms with Crippen LogP contribution in [0.5, 0.6) is 0 Å². The molecule has 26 heavy (non-hydrogen) atoms. The van der Waals surface area contributed by atoms with E-state index in [9.17, 15) is 0 Å². The summed E-state index contributed by atoms with van der Waals surface area (Å²) in [6.07, 6.45) is 3.49. The summed E-state index contributed by atoms with van der Waals surface area (Å²) in [7, 11) is 0. The summed E-state index contributed by atoms with van der Waals surface area (Å²) >= 11 is 0. The Bertz CT molecular complexity index is 999. The monoisotopic (exact) mass is 343 g/mol. The molecule has 6 heteroatoms. The van der Waals surface area contributed by atoms with Gasteiger partial charge in [-0.05, 0) is 25.1 Å². The maximum atomic E-state index is 5.56. The minimum atomic E-state index is 0.535. The van der Waals surface area contributed by atoms with Crippen LogP contribution in [0.2, 0.25) is 0 Å². The summed E-state index contributed by atoms with van der Waals surface area (Å²) in [6, 6.07) is 17.5. The normalized spacial score (nSPS) is 10.7. The molecule has 4 rings (SSSR count). The van der Waals surface area contributed by atoms with Gasteiger partial charge in [-0.1, -0.05) is 41.6 Å². The van der Waals surface area contributed by atoms with Crippen molar-refractivity contribution < 1.29 is 4.52 Å². The number of nitrogens with zero attached hydrogens (tertiary/aromatic N) is 4. The van der Waals surface area contributed by atoms with E-state index in [1.54, 1.807) is 12.4 Å². The number of anilines is 1. The summed E-state index contributed by atoms with van der Waals surface area (Å²) in [6.45, 7) is 2.47. The smallest absolute Gasteiger partial charge is 0.223 e. The second-order valence-electron chi connectivity index (χ2n) is 5.78. The van der Waals surface area contributed by atoms with Crippen LogP contribution in [0.4, 0.5) is 5.95 Å². The molecular weight excluding hydrogens is 326 g/mol. The molecule has 4 aromatic rings. The Balaban J connectivity index is 1.64. The van der Waals surface area contributed by atoms with Crippen LogP contribution in [0.25, 0.3) is 22.6 Å². The van der Waals surface area contributed by atoms with Crippen LogP contribution in [0.15, 0.2) is 71.5 Å². The highest BCUT2D eigenvalue weighted by atomic mass is 16.5. The van der Waals surface area contributed by atoms with Crippen LogP contribution in [-0.2, 0) is 6.54 Å². The van der Waals surface area contributed by atoms with Gasteiger partial charge in [0.1, 0.15) is 0 Å². The molecule has 1 N–H and O–H groups in total.